The van der Waals surface area contributed by atoms with E-state index in [9.17, 15) is 9.59 Å². The topological polar surface area (TPSA) is 103 Å². The van der Waals surface area contributed by atoms with Gasteiger partial charge in [0.15, 0.2) is 0 Å². The van der Waals surface area contributed by atoms with E-state index in [0.717, 1.165) is 22.5 Å². The van der Waals surface area contributed by atoms with E-state index in [1.54, 1.807) is 47.2 Å². The number of hydrogen-bond donors (Lipinski definition) is 1. The van der Waals surface area contributed by atoms with Gasteiger partial charge in [-0.25, -0.2) is 4.98 Å². The van der Waals surface area contributed by atoms with Crippen LogP contribution in [0.4, 0.5) is 5.69 Å². The molecule has 8 nitrogen and oxygen atoms in total. The lowest BCUT2D eigenvalue weighted by Gasteiger charge is -2.13. The molecule has 0 saturated heterocycles. The maximum Gasteiger partial charge on any atom is 0.263 e. The summed E-state index contributed by atoms with van der Waals surface area (Å²) >= 11 is 5.97. The molecule has 0 saturated carbocycles. The van der Waals surface area contributed by atoms with Gasteiger partial charge in [0.25, 0.3) is 5.89 Å². The molecule has 1 amide bonds. The van der Waals surface area contributed by atoms with Gasteiger partial charge in [-0.1, -0.05) is 28.9 Å². The van der Waals surface area contributed by atoms with Crippen LogP contribution in [0.25, 0.3) is 33.9 Å². The molecule has 0 bridgehead atoms. The van der Waals surface area contributed by atoms with Gasteiger partial charge in [0.2, 0.25) is 17.2 Å². The highest BCUT2D eigenvalue weighted by atomic mass is 35.5. The molecule has 36 heavy (non-hydrogen) atoms. The number of fused-ring (bicyclic) bond motifs is 1. The van der Waals surface area contributed by atoms with Crippen LogP contribution in [0.3, 0.4) is 0 Å². The summed E-state index contributed by atoms with van der Waals surface area (Å²) < 4.78 is 7.08. The van der Waals surface area contributed by atoms with Gasteiger partial charge in [-0.2, -0.15) is 4.98 Å². The number of benzene rings is 2. The molecule has 2 aromatic carbocycles. The number of aromatic nitrogens is 4. The smallest absolute Gasteiger partial charge is 0.263 e. The lowest BCUT2D eigenvalue weighted by atomic mass is 10.1. The van der Waals surface area contributed by atoms with Crippen LogP contribution in [0.15, 0.2) is 70.1 Å². The minimum Gasteiger partial charge on any atom is -0.333 e. The molecule has 0 unspecified atom stereocenters. The third-order valence-corrected chi connectivity index (χ3v) is 6.05. The summed E-state index contributed by atoms with van der Waals surface area (Å²) in [5.41, 5.74) is 4.42. The summed E-state index contributed by atoms with van der Waals surface area (Å²) in [6.07, 6.45) is 1.54. The molecule has 0 atom stereocenters. The molecule has 9 heteroatoms. The molecule has 5 aromatic rings. The van der Waals surface area contributed by atoms with Crippen molar-refractivity contribution in [3.05, 3.63) is 92.9 Å². The van der Waals surface area contributed by atoms with Crippen molar-refractivity contribution >= 4 is 34.2 Å². The minimum absolute atomic E-state index is 0.0520. The highest BCUT2D eigenvalue weighted by Crippen LogP contribution is 2.24. The second-order valence-corrected chi connectivity index (χ2v) is 9.06. The second-order valence-electron chi connectivity index (χ2n) is 8.62. The van der Waals surface area contributed by atoms with E-state index >= 15 is 0 Å². The van der Waals surface area contributed by atoms with Crippen LogP contribution in [-0.4, -0.2) is 25.6 Å². The monoisotopic (exact) mass is 499 g/mol. The highest BCUT2D eigenvalue weighted by Gasteiger charge is 2.19. The Morgan fingerprint density at radius 2 is 1.81 bits per heavy atom. The van der Waals surface area contributed by atoms with Gasteiger partial charge in [0, 0.05) is 28.2 Å². The van der Waals surface area contributed by atoms with Crippen molar-refractivity contribution in [1.82, 2.24) is 19.7 Å². The number of nitrogens with one attached hydrogen (secondary N) is 1. The normalized spacial score (nSPS) is 11.1. The van der Waals surface area contributed by atoms with E-state index in [-0.39, 0.29) is 29.3 Å². The molecule has 3 aromatic heterocycles. The molecule has 0 radical (unpaired) electrons. The summed E-state index contributed by atoms with van der Waals surface area (Å²) in [7, 11) is 0. The Labute approximate surface area is 211 Å². The highest BCUT2D eigenvalue weighted by molar-refractivity contribution is 6.30. The van der Waals surface area contributed by atoms with Crippen LogP contribution < -0.4 is 10.7 Å². The molecular weight excluding hydrogens is 478 g/mol. The first-order valence-electron chi connectivity index (χ1n) is 11.3. The molecule has 180 valence electrons. The van der Waals surface area contributed by atoms with Crippen molar-refractivity contribution in [2.75, 3.05) is 5.32 Å². The van der Waals surface area contributed by atoms with Gasteiger partial charge in [-0.15, -0.1) is 0 Å². The fourth-order valence-corrected chi connectivity index (χ4v) is 4.02. The summed E-state index contributed by atoms with van der Waals surface area (Å²) in [6.45, 7) is 5.66. The van der Waals surface area contributed by atoms with Crippen LogP contribution in [-0.2, 0) is 11.3 Å². The van der Waals surface area contributed by atoms with Crippen molar-refractivity contribution in [2.24, 2.45) is 0 Å². The molecule has 5 rings (SSSR count). The predicted octanol–water partition coefficient (Wildman–Crippen LogP) is 5.33. The van der Waals surface area contributed by atoms with Crippen molar-refractivity contribution in [3.63, 3.8) is 0 Å². The van der Waals surface area contributed by atoms with Gasteiger partial charge >= 0.3 is 0 Å². The van der Waals surface area contributed by atoms with Gasteiger partial charge in [0.1, 0.15) is 17.8 Å². The van der Waals surface area contributed by atoms with Gasteiger partial charge in [-0.3, -0.25) is 9.59 Å². The Balaban J connectivity index is 1.55. The van der Waals surface area contributed by atoms with Gasteiger partial charge in [0.05, 0.1) is 5.39 Å². The second kappa shape index (κ2) is 9.39. The summed E-state index contributed by atoms with van der Waals surface area (Å²) in [4.78, 5) is 35.3. The number of rotatable bonds is 5. The third kappa shape index (κ3) is 4.63. The summed E-state index contributed by atoms with van der Waals surface area (Å²) in [5.74, 6) is 0.119. The third-order valence-electron chi connectivity index (χ3n) is 5.80. The number of nitrogens with zero attached hydrogens (tertiary/aromatic N) is 4. The number of carbonyl (C=O) groups excluding carboxylic acids is 1. The van der Waals surface area contributed by atoms with Crippen molar-refractivity contribution < 1.29 is 9.32 Å². The van der Waals surface area contributed by atoms with E-state index in [1.165, 1.54) is 0 Å². The van der Waals surface area contributed by atoms with E-state index in [2.05, 4.69) is 20.4 Å². The van der Waals surface area contributed by atoms with Crippen LogP contribution >= 0.6 is 11.6 Å². The Hall–Kier alpha value is -4.30. The summed E-state index contributed by atoms with van der Waals surface area (Å²) in [6, 6.07) is 16.3. The molecular formula is C27H22ClN5O3. The Morgan fingerprint density at radius 1 is 1.03 bits per heavy atom. The number of anilines is 1. The lowest BCUT2D eigenvalue weighted by Crippen LogP contribution is -2.22. The van der Waals surface area contributed by atoms with Crippen LogP contribution in [0.1, 0.15) is 16.8 Å². The molecule has 0 spiro atoms. The van der Waals surface area contributed by atoms with Crippen LogP contribution in [0, 0.1) is 20.8 Å². The summed E-state index contributed by atoms with van der Waals surface area (Å²) in [5, 5.41) is 7.91. The number of pyridine rings is 2. The number of hydrogen-bond acceptors (Lipinski definition) is 6. The van der Waals surface area contributed by atoms with E-state index in [4.69, 9.17) is 16.1 Å². The molecule has 0 aliphatic rings. The molecule has 0 aliphatic heterocycles. The lowest BCUT2D eigenvalue weighted by molar-refractivity contribution is -0.116. The fourth-order valence-electron chi connectivity index (χ4n) is 3.90. The number of amides is 1. The molecule has 3 heterocycles. The molecule has 1 N–H and O–H groups in total. The maximum atomic E-state index is 13.3. The van der Waals surface area contributed by atoms with Crippen LogP contribution in [0.2, 0.25) is 5.02 Å². The van der Waals surface area contributed by atoms with Gasteiger partial charge in [-0.05, 0) is 74.4 Å². The van der Waals surface area contributed by atoms with Gasteiger partial charge < -0.3 is 14.4 Å². The zero-order chi connectivity index (χ0) is 25.4. The standard InChI is InChI=1S/C27H22ClN5O3/c1-15-4-5-16(2)22(12-15)30-23(34)14-33-13-21(24(35)20-11-6-17(3)29-26(20)33)27-31-25(32-36-27)18-7-9-19(28)10-8-18/h4-13H,14H2,1-3H3,(H,30,34). The minimum atomic E-state index is -0.310. The van der Waals surface area contributed by atoms with Crippen LogP contribution in [0.5, 0.6) is 0 Å². The average Bonchev–Trinajstić information content (AvgIpc) is 3.33. The first kappa shape index (κ1) is 23.4. The fraction of sp³-hybridized carbons (Fsp3) is 0.148. The Morgan fingerprint density at radius 3 is 2.58 bits per heavy atom. The van der Waals surface area contributed by atoms with Crippen molar-refractivity contribution in [3.8, 4) is 22.8 Å². The zero-order valence-electron chi connectivity index (χ0n) is 19.9. The predicted molar refractivity (Wildman–Crippen MR) is 139 cm³/mol. The quantitative estimate of drug-likeness (QED) is 0.350. The number of halogens is 1. The van der Waals surface area contributed by atoms with E-state index in [1.807, 2.05) is 39.0 Å². The largest absolute Gasteiger partial charge is 0.333 e. The van der Waals surface area contributed by atoms with E-state index < -0.39 is 0 Å². The first-order chi connectivity index (χ1) is 17.3. The maximum absolute atomic E-state index is 13.3. The van der Waals surface area contributed by atoms with Crippen molar-refractivity contribution in [2.45, 2.75) is 27.3 Å². The first-order valence-corrected chi connectivity index (χ1v) is 11.6. The Bertz CT molecular complexity index is 1670. The number of carbonyl (C=O) groups is 1. The van der Waals surface area contributed by atoms with E-state index in [0.29, 0.717) is 27.4 Å². The Kier molecular flexibility index (Phi) is 6.12. The number of aryl methyl sites for hydroxylation is 3. The average molecular weight is 500 g/mol. The van der Waals surface area contributed by atoms with Crippen molar-refractivity contribution in [1.29, 1.82) is 0 Å². The molecule has 0 fully saturated rings. The SMILES string of the molecule is Cc1ccc(C)c(NC(=O)Cn2cc(-c3nc(-c4ccc(Cl)cc4)no3)c(=O)c3ccc(C)nc32)c1. The molecule has 0 aliphatic carbocycles. The zero-order valence-corrected chi connectivity index (χ0v) is 20.6.